The lowest BCUT2D eigenvalue weighted by molar-refractivity contribution is -0.145. The van der Waals surface area contributed by atoms with Crippen molar-refractivity contribution in [2.45, 2.75) is 31.2 Å². The number of amides is 2. The van der Waals surface area contributed by atoms with E-state index in [0.717, 1.165) is 0 Å². The van der Waals surface area contributed by atoms with E-state index in [2.05, 4.69) is 5.32 Å². The third-order valence-electron chi connectivity index (χ3n) is 3.82. The van der Waals surface area contributed by atoms with E-state index < -0.39 is 30.5 Å². The van der Waals surface area contributed by atoms with Crippen molar-refractivity contribution in [2.75, 3.05) is 33.6 Å². The van der Waals surface area contributed by atoms with Crippen LogP contribution in [0.15, 0.2) is 29.2 Å². The zero-order valence-corrected chi connectivity index (χ0v) is 18.2. The van der Waals surface area contributed by atoms with Gasteiger partial charge in [-0.25, -0.2) is 9.59 Å². The molecular weight excluding hydrogens is 396 g/mol. The lowest BCUT2D eigenvalue weighted by Crippen LogP contribution is -2.44. The van der Waals surface area contributed by atoms with Crippen LogP contribution >= 0.6 is 11.8 Å². The number of methoxy groups -OCH3 is 1. The number of carbonyl (C=O) groups excluding carboxylic acids is 4. The standard InChI is InChI=1S/C20H28N2O6S/c1-13(2)10-15(20(26)27-5)21-17(23)11-28-19(25)14-8-6-7-9-16(14)29-12-18(24)22(3)4/h6-9,13,15H,10-12H2,1-5H3,(H,21,23)/t15-/m0/s1. The first kappa shape index (κ1) is 24.5. The van der Waals surface area contributed by atoms with Crippen molar-refractivity contribution in [2.24, 2.45) is 5.92 Å². The smallest absolute Gasteiger partial charge is 0.339 e. The molecule has 0 aromatic heterocycles. The summed E-state index contributed by atoms with van der Waals surface area (Å²) in [6.07, 6.45) is 0.408. The zero-order chi connectivity index (χ0) is 22.0. The van der Waals surface area contributed by atoms with E-state index in [-0.39, 0.29) is 23.1 Å². The highest BCUT2D eigenvalue weighted by Gasteiger charge is 2.23. The number of hydrogen-bond donors (Lipinski definition) is 1. The summed E-state index contributed by atoms with van der Waals surface area (Å²) < 4.78 is 9.78. The Morgan fingerprint density at radius 3 is 2.38 bits per heavy atom. The van der Waals surface area contributed by atoms with Crippen LogP contribution in [0, 0.1) is 5.92 Å². The van der Waals surface area contributed by atoms with Gasteiger partial charge in [-0.1, -0.05) is 26.0 Å². The molecule has 1 aromatic rings. The Hall–Kier alpha value is -2.55. The molecule has 160 valence electrons. The Kier molecular flexibility index (Phi) is 10.2. The van der Waals surface area contributed by atoms with E-state index in [0.29, 0.717) is 11.3 Å². The van der Waals surface area contributed by atoms with Crippen LogP contribution in [0.3, 0.4) is 0 Å². The highest BCUT2D eigenvalue weighted by Crippen LogP contribution is 2.23. The molecule has 0 aliphatic heterocycles. The first-order chi connectivity index (χ1) is 13.6. The highest BCUT2D eigenvalue weighted by molar-refractivity contribution is 8.00. The molecule has 0 spiro atoms. The molecule has 0 aliphatic rings. The fourth-order valence-corrected chi connectivity index (χ4v) is 3.32. The van der Waals surface area contributed by atoms with Crippen LogP contribution in [0.5, 0.6) is 0 Å². The molecule has 1 aromatic carbocycles. The van der Waals surface area contributed by atoms with E-state index in [1.165, 1.54) is 23.8 Å². The molecule has 0 radical (unpaired) electrons. The molecule has 2 amide bonds. The summed E-state index contributed by atoms with van der Waals surface area (Å²) in [6.45, 7) is 3.30. The summed E-state index contributed by atoms with van der Waals surface area (Å²) >= 11 is 1.22. The van der Waals surface area contributed by atoms with Crippen molar-refractivity contribution in [3.05, 3.63) is 29.8 Å². The number of rotatable bonds is 10. The molecule has 1 atom stereocenters. The average Bonchev–Trinajstić information content (AvgIpc) is 2.68. The molecule has 0 aliphatic carbocycles. The van der Waals surface area contributed by atoms with Crippen LogP contribution in [-0.2, 0) is 23.9 Å². The molecule has 0 fully saturated rings. The normalized spacial score (nSPS) is 11.5. The van der Waals surface area contributed by atoms with Gasteiger partial charge in [-0.3, -0.25) is 9.59 Å². The van der Waals surface area contributed by atoms with Crippen LogP contribution < -0.4 is 5.32 Å². The van der Waals surface area contributed by atoms with Gasteiger partial charge in [0.25, 0.3) is 5.91 Å². The molecule has 0 saturated heterocycles. The summed E-state index contributed by atoms with van der Waals surface area (Å²) in [7, 11) is 4.56. The monoisotopic (exact) mass is 424 g/mol. The summed E-state index contributed by atoms with van der Waals surface area (Å²) in [5, 5.41) is 2.53. The lowest BCUT2D eigenvalue weighted by Gasteiger charge is -2.18. The molecule has 9 heteroatoms. The van der Waals surface area contributed by atoms with Gasteiger partial charge in [0.15, 0.2) is 6.61 Å². The maximum absolute atomic E-state index is 12.4. The van der Waals surface area contributed by atoms with E-state index in [9.17, 15) is 19.2 Å². The van der Waals surface area contributed by atoms with Gasteiger partial charge in [-0.15, -0.1) is 11.8 Å². The molecule has 0 unspecified atom stereocenters. The molecule has 0 bridgehead atoms. The van der Waals surface area contributed by atoms with Crippen LogP contribution in [0.1, 0.15) is 30.6 Å². The Bertz CT molecular complexity index is 735. The second-order valence-corrected chi connectivity index (χ2v) is 7.94. The third kappa shape index (κ3) is 8.55. The SMILES string of the molecule is COC(=O)[C@H](CC(C)C)NC(=O)COC(=O)c1ccccc1SCC(=O)N(C)C. The predicted octanol–water partition coefficient (Wildman–Crippen LogP) is 1.73. The highest BCUT2D eigenvalue weighted by atomic mass is 32.2. The largest absolute Gasteiger partial charge is 0.467 e. The van der Waals surface area contributed by atoms with Crippen LogP contribution in [0.25, 0.3) is 0 Å². The Balaban J connectivity index is 2.68. The van der Waals surface area contributed by atoms with Crippen molar-refractivity contribution >= 4 is 35.5 Å². The van der Waals surface area contributed by atoms with Crippen molar-refractivity contribution in [3.63, 3.8) is 0 Å². The maximum atomic E-state index is 12.4. The van der Waals surface area contributed by atoms with Gasteiger partial charge in [-0.2, -0.15) is 0 Å². The van der Waals surface area contributed by atoms with Crippen molar-refractivity contribution < 1.29 is 28.7 Å². The number of carbonyl (C=O) groups is 4. The van der Waals surface area contributed by atoms with E-state index in [4.69, 9.17) is 9.47 Å². The van der Waals surface area contributed by atoms with Crippen molar-refractivity contribution in [1.29, 1.82) is 0 Å². The second-order valence-electron chi connectivity index (χ2n) is 6.92. The van der Waals surface area contributed by atoms with Crippen molar-refractivity contribution in [1.82, 2.24) is 10.2 Å². The molecule has 0 heterocycles. The van der Waals surface area contributed by atoms with Gasteiger partial charge in [0.2, 0.25) is 5.91 Å². The Labute approximate surface area is 175 Å². The minimum atomic E-state index is -0.800. The molecule has 0 saturated carbocycles. The Morgan fingerprint density at radius 2 is 1.79 bits per heavy atom. The minimum absolute atomic E-state index is 0.0865. The van der Waals surface area contributed by atoms with Gasteiger partial charge < -0.3 is 19.7 Å². The fourth-order valence-electron chi connectivity index (χ4n) is 2.30. The minimum Gasteiger partial charge on any atom is -0.467 e. The van der Waals surface area contributed by atoms with Gasteiger partial charge in [-0.05, 0) is 24.5 Å². The quantitative estimate of drug-likeness (QED) is 0.451. The summed E-state index contributed by atoms with van der Waals surface area (Å²) in [6, 6.07) is 5.90. The van der Waals surface area contributed by atoms with Crippen LogP contribution in [0.4, 0.5) is 0 Å². The fraction of sp³-hybridized carbons (Fsp3) is 0.500. The summed E-state index contributed by atoms with van der Waals surface area (Å²) in [5.74, 6) is -1.58. The number of hydrogen-bond acceptors (Lipinski definition) is 7. The van der Waals surface area contributed by atoms with Gasteiger partial charge >= 0.3 is 11.9 Å². The first-order valence-corrected chi connectivity index (χ1v) is 10.1. The summed E-state index contributed by atoms with van der Waals surface area (Å²) in [4.78, 5) is 50.1. The van der Waals surface area contributed by atoms with Gasteiger partial charge in [0.1, 0.15) is 6.04 Å². The van der Waals surface area contributed by atoms with Crippen LogP contribution in [0.2, 0.25) is 0 Å². The van der Waals surface area contributed by atoms with E-state index in [1.54, 1.807) is 38.4 Å². The van der Waals surface area contributed by atoms with Gasteiger partial charge in [0, 0.05) is 19.0 Å². The van der Waals surface area contributed by atoms with Gasteiger partial charge in [0.05, 0.1) is 18.4 Å². The molecule has 1 N–H and O–H groups in total. The number of esters is 2. The lowest BCUT2D eigenvalue weighted by atomic mass is 10.0. The molecule has 29 heavy (non-hydrogen) atoms. The predicted molar refractivity (Wildman–Crippen MR) is 110 cm³/mol. The molecular formula is C20H28N2O6S. The second kappa shape index (κ2) is 12.1. The summed E-state index contributed by atoms with van der Waals surface area (Å²) in [5.41, 5.74) is 0.267. The number of nitrogens with one attached hydrogen (secondary N) is 1. The average molecular weight is 425 g/mol. The Morgan fingerprint density at radius 1 is 1.14 bits per heavy atom. The molecule has 8 nitrogen and oxygen atoms in total. The number of ether oxygens (including phenoxy) is 2. The van der Waals surface area contributed by atoms with Crippen molar-refractivity contribution in [3.8, 4) is 0 Å². The van der Waals surface area contributed by atoms with E-state index >= 15 is 0 Å². The first-order valence-electron chi connectivity index (χ1n) is 9.12. The number of nitrogens with zero attached hydrogens (tertiary/aromatic N) is 1. The third-order valence-corrected chi connectivity index (χ3v) is 4.88. The van der Waals surface area contributed by atoms with Crippen LogP contribution in [-0.4, -0.2) is 68.3 Å². The van der Waals surface area contributed by atoms with E-state index in [1.807, 2.05) is 13.8 Å². The zero-order valence-electron chi connectivity index (χ0n) is 17.4. The number of benzene rings is 1. The maximum Gasteiger partial charge on any atom is 0.339 e. The number of thioether (sulfide) groups is 1. The topological polar surface area (TPSA) is 102 Å². The molecule has 1 rings (SSSR count).